The van der Waals surface area contributed by atoms with Crippen molar-refractivity contribution in [3.05, 3.63) is 30.1 Å². The van der Waals surface area contributed by atoms with E-state index in [-0.39, 0.29) is 12.5 Å². The number of nitrogens with one attached hydrogen (secondary N) is 1. The SMILES string of the molecule is FCCCNc1cccc(F)c1. The summed E-state index contributed by atoms with van der Waals surface area (Å²) in [4.78, 5) is 0. The lowest BCUT2D eigenvalue weighted by Crippen LogP contribution is -2.01. The topological polar surface area (TPSA) is 12.0 Å². The predicted molar refractivity (Wildman–Crippen MR) is 45.5 cm³/mol. The zero-order chi connectivity index (χ0) is 8.81. The molecule has 0 spiro atoms. The van der Waals surface area contributed by atoms with Crippen LogP contribution >= 0.6 is 0 Å². The van der Waals surface area contributed by atoms with Crippen LogP contribution in [0.15, 0.2) is 24.3 Å². The predicted octanol–water partition coefficient (Wildman–Crippen LogP) is 2.60. The van der Waals surface area contributed by atoms with Crippen molar-refractivity contribution >= 4 is 5.69 Å². The van der Waals surface area contributed by atoms with Crippen molar-refractivity contribution in [3.63, 3.8) is 0 Å². The molecular weight excluding hydrogens is 160 g/mol. The van der Waals surface area contributed by atoms with Gasteiger partial charge in [0.2, 0.25) is 0 Å². The third kappa shape index (κ3) is 2.86. The van der Waals surface area contributed by atoms with Gasteiger partial charge in [0.1, 0.15) is 5.82 Å². The van der Waals surface area contributed by atoms with E-state index in [2.05, 4.69) is 5.32 Å². The standard InChI is InChI=1S/C9H11F2N/c10-5-2-6-12-9-4-1-3-8(11)7-9/h1,3-4,7,12H,2,5-6H2. The maximum absolute atomic E-state index is 12.6. The van der Waals surface area contributed by atoms with Gasteiger partial charge in [-0.2, -0.15) is 0 Å². The molecule has 0 heterocycles. The van der Waals surface area contributed by atoms with Crippen LogP contribution in [0.1, 0.15) is 6.42 Å². The normalized spacial score (nSPS) is 9.83. The van der Waals surface area contributed by atoms with Gasteiger partial charge in [0.15, 0.2) is 0 Å². The molecule has 1 nitrogen and oxygen atoms in total. The van der Waals surface area contributed by atoms with Gasteiger partial charge in [-0.1, -0.05) is 6.07 Å². The molecule has 0 amide bonds. The Kier molecular flexibility index (Phi) is 3.51. The monoisotopic (exact) mass is 171 g/mol. The van der Waals surface area contributed by atoms with E-state index in [9.17, 15) is 8.78 Å². The second-order valence-corrected chi connectivity index (χ2v) is 2.48. The number of benzene rings is 1. The van der Waals surface area contributed by atoms with Gasteiger partial charge in [-0.05, 0) is 24.6 Å². The van der Waals surface area contributed by atoms with E-state index in [1.807, 2.05) is 0 Å². The molecule has 0 atom stereocenters. The van der Waals surface area contributed by atoms with Crippen LogP contribution in [-0.2, 0) is 0 Å². The number of anilines is 1. The summed E-state index contributed by atoms with van der Waals surface area (Å²) in [5, 5.41) is 2.91. The molecule has 0 unspecified atom stereocenters. The molecule has 1 N–H and O–H groups in total. The van der Waals surface area contributed by atoms with Crippen molar-refractivity contribution in [1.82, 2.24) is 0 Å². The van der Waals surface area contributed by atoms with Gasteiger partial charge in [-0.15, -0.1) is 0 Å². The van der Waals surface area contributed by atoms with Gasteiger partial charge >= 0.3 is 0 Å². The van der Waals surface area contributed by atoms with Crippen LogP contribution in [-0.4, -0.2) is 13.2 Å². The minimum atomic E-state index is -0.345. The molecule has 0 saturated heterocycles. The second kappa shape index (κ2) is 4.70. The van der Waals surface area contributed by atoms with E-state index in [0.717, 1.165) is 0 Å². The first-order valence-electron chi connectivity index (χ1n) is 3.88. The fourth-order valence-corrected chi connectivity index (χ4v) is 0.898. The molecule has 3 heteroatoms. The van der Waals surface area contributed by atoms with Gasteiger partial charge in [0.05, 0.1) is 6.67 Å². The summed E-state index contributed by atoms with van der Waals surface area (Å²) < 4.78 is 24.2. The smallest absolute Gasteiger partial charge is 0.125 e. The maximum Gasteiger partial charge on any atom is 0.125 e. The minimum absolute atomic E-state index is 0.278. The summed E-state index contributed by atoms with van der Waals surface area (Å²) >= 11 is 0. The molecule has 0 radical (unpaired) electrons. The molecule has 0 aliphatic heterocycles. The number of hydrogen-bond acceptors (Lipinski definition) is 1. The lowest BCUT2D eigenvalue weighted by atomic mass is 10.3. The van der Waals surface area contributed by atoms with E-state index in [1.54, 1.807) is 12.1 Å². The molecule has 0 aliphatic rings. The Morgan fingerprint density at radius 2 is 2.17 bits per heavy atom. The first-order chi connectivity index (χ1) is 5.83. The van der Waals surface area contributed by atoms with Crippen molar-refractivity contribution in [2.45, 2.75) is 6.42 Å². The van der Waals surface area contributed by atoms with Gasteiger partial charge in [0, 0.05) is 12.2 Å². The zero-order valence-electron chi connectivity index (χ0n) is 6.69. The summed E-state index contributed by atoms with van der Waals surface area (Å²) in [5.74, 6) is -0.278. The average Bonchev–Trinajstić information content (AvgIpc) is 2.05. The highest BCUT2D eigenvalue weighted by atomic mass is 19.1. The molecule has 0 bridgehead atoms. The minimum Gasteiger partial charge on any atom is -0.385 e. The highest BCUT2D eigenvalue weighted by molar-refractivity contribution is 5.42. The quantitative estimate of drug-likeness (QED) is 0.686. The van der Waals surface area contributed by atoms with E-state index in [0.29, 0.717) is 18.7 Å². The average molecular weight is 171 g/mol. The van der Waals surface area contributed by atoms with Crippen LogP contribution in [0.2, 0.25) is 0 Å². The van der Waals surface area contributed by atoms with Crippen molar-refractivity contribution in [2.75, 3.05) is 18.5 Å². The highest BCUT2D eigenvalue weighted by Gasteiger charge is 1.92. The molecule has 0 saturated carbocycles. The number of alkyl halides is 1. The van der Waals surface area contributed by atoms with Gasteiger partial charge in [0.25, 0.3) is 0 Å². The van der Waals surface area contributed by atoms with E-state index in [4.69, 9.17) is 0 Å². The lowest BCUT2D eigenvalue weighted by molar-refractivity contribution is 0.481. The Bertz CT molecular complexity index is 238. The summed E-state index contributed by atoms with van der Waals surface area (Å²) in [6.45, 7) is 0.197. The second-order valence-electron chi connectivity index (χ2n) is 2.48. The summed E-state index contributed by atoms with van der Waals surface area (Å²) in [7, 11) is 0. The fourth-order valence-electron chi connectivity index (χ4n) is 0.898. The zero-order valence-corrected chi connectivity index (χ0v) is 6.69. The fraction of sp³-hybridized carbons (Fsp3) is 0.333. The van der Waals surface area contributed by atoms with Crippen LogP contribution in [0.5, 0.6) is 0 Å². The van der Waals surface area contributed by atoms with Crippen LogP contribution in [0.4, 0.5) is 14.5 Å². The number of rotatable bonds is 4. The molecule has 1 aromatic rings. The van der Waals surface area contributed by atoms with Crippen LogP contribution in [0, 0.1) is 5.82 Å². The van der Waals surface area contributed by atoms with Crippen LogP contribution in [0.3, 0.4) is 0 Å². The molecule has 0 fully saturated rings. The Morgan fingerprint density at radius 1 is 1.33 bits per heavy atom. The Morgan fingerprint density at radius 3 is 2.83 bits per heavy atom. The first-order valence-corrected chi connectivity index (χ1v) is 3.88. The molecule has 0 aliphatic carbocycles. The van der Waals surface area contributed by atoms with E-state index < -0.39 is 0 Å². The first kappa shape index (κ1) is 8.97. The van der Waals surface area contributed by atoms with Crippen molar-refractivity contribution in [1.29, 1.82) is 0 Å². The van der Waals surface area contributed by atoms with Crippen molar-refractivity contribution < 1.29 is 8.78 Å². The third-order valence-corrected chi connectivity index (χ3v) is 1.46. The Balaban J connectivity index is 2.41. The van der Waals surface area contributed by atoms with Crippen molar-refractivity contribution in [3.8, 4) is 0 Å². The molecule has 12 heavy (non-hydrogen) atoms. The van der Waals surface area contributed by atoms with Gasteiger partial charge in [-0.25, -0.2) is 4.39 Å². The van der Waals surface area contributed by atoms with Crippen molar-refractivity contribution in [2.24, 2.45) is 0 Å². The maximum atomic E-state index is 12.6. The highest BCUT2D eigenvalue weighted by Crippen LogP contribution is 2.08. The summed E-state index contributed by atoms with van der Waals surface area (Å²) in [6, 6.07) is 6.13. The van der Waals surface area contributed by atoms with Crippen LogP contribution < -0.4 is 5.32 Å². The molecule has 1 rings (SSSR count). The molecule has 66 valence electrons. The number of hydrogen-bond donors (Lipinski definition) is 1. The van der Waals surface area contributed by atoms with E-state index in [1.165, 1.54) is 12.1 Å². The third-order valence-electron chi connectivity index (χ3n) is 1.46. The summed E-state index contributed by atoms with van der Waals surface area (Å²) in [5.41, 5.74) is 0.698. The Hall–Kier alpha value is -1.12. The Labute approximate surface area is 70.4 Å². The molecule has 1 aromatic carbocycles. The summed E-state index contributed by atoms with van der Waals surface area (Å²) in [6.07, 6.45) is 0.455. The van der Waals surface area contributed by atoms with E-state index >= 15 is 0 Å². The molecule has 0 aromatic heterocycles. The van der Waals surface area contributed by atoms with Gasteiger partial charge in [-0.3, -0.25) is 4.39 Å². The lowest BCUT2D eigenvalue weighted by Gasteiger charge is -2.03. The number of halogens is 2. The van der Waals surface area contributed by atoms with Crippen LogP contribution in [0.25, 0.3) is 0 Å². The molecular formula is C9H11F2N. The largest absolute Gasteiger partial charge is 0.385 e. The van der Waals surface area contributed by atoms with Gasteiger partial charge < -0.3 is 5.32 Å².